The number of fused-ring (bicyclic) bond motifs is 2. The van der Waals surface area contributed by atoms with E-state index >= 15 is 0 Å². The van der Waals surface area contributed by atoms with Crippen LogP contribution >= 0.6 is 11.6 Å². The van der Waals surface area contributed by atoms with Gasteiger partial charge >= 0.3 is 0 Å². The van der Waals surface area contributed by atoms with E-state index in [4.69, 9.17) is 21.1 Å². The highest BCUT2D eigenvalue weighted by atomic mass is 35.5. The number of pyridine rings is 1. The minimum atomic E-state index is -0.197. The number of imidazole rings is 1. The molecule has 0 bridgehead atoms. The van der Waals surface area contributed by atoms with Gasteiger partial charge in [0.25, 0.3) is 0 Å². The number of carbonyl (C=O) groups is 1. The van der Waals surface area contributed by atoms with E-state index in [1.165, 1.54) is 0 Å². The van der Waals surface area contributed by atoms with Crippen LogP contribution in [0, 0.1) is 5.92 Å². The minimum Gasteiger partial charge on any atom is -0.454 e. The number of benzene rings is 1. The van der Waals surface area contributed by atoms with Crippen molar-refractivity contribution >= 4 is 23.2 Å². The fourth-order valence-corrected chi connectivity index (χ4v) is 3.67. The van der Waals surface area contributed by atoms with E-state index in [1.807, 2.05) is 47.1 Å². The SMILES string of the molecule is CC(C)CCNC(=O)CC(c1ccc2c(c1)OCO2)c1cnc2ccc(Cl)cn12. The first-order valence-electron chi connectivity index (χ1n) is 9.80. The number of nitrogens with zero attached hydrogens (tertiary/aromatic N) is 2. The lowest BCUT2D eigenvalue weighted by molar-refractivity contribution is -0.121. The third-order valence-corrected chi connectivity index (χ3v) is 5.31. The van der Waals surface area contributed by atoms with Crippen molar-refractivity contribution in [2.24, 2.45) is 5.92 Å². The molecule has 1 atom stereocenters. The normalized spacial score (nSPS) is 13.8. The quantitative estimate of drug-likeness (QED) is 0.623. The summed E-state index contributed by atoms with van der Waals surface area (Å²) in [6, 6.07) is 9.48. The summed E-state index contributed by atoms with van der Waals surface area (Å²) in [4.78, 5) is 17.2. The third kappa shape index (κ3) is 4.32. The van der Waals surface area contributed by atoms with Crippen LogP contribution in [0.3, 0.4) is 0 Å². The highest BCUT2D eigenvalue weighted by Gasteiger charge is 2.24. The Balaban J connectivity index is 1.67. The van der Waals surface area contributed by atoms with Crippen molar-refractivity contribution in [2.75, 3.05) is 13.3 Å². The average Bonchev–Trinajstić information content (AvgIpc) is 3.31. The topological polar surface area (TPSA) is 64.9 Å². The molecule has 0 spiro atoms. The maximum absolute atomic E-state index is 12.7. The Morgan fingerprint density at radius 3 is 2.90 bits per heavy atom. The molecule has 0 saturated heterocycles. The highest BCUT2D eigenvalue weighted by molar-refractivity contribution is 6.30. The van der Waals surface area contributed by atoms with E-state index in [2.05, 4.69) is 24.1 Å². The summed E-state index contributed by atoms with van der Waals surface area (Å²) < 4.78 is 12.9. The Bertz CT molecular complexity index is 1030. The molecule has 3 aromatic rings. The second kappa shape index (κ2) is 8.33. The zero-order valence-corrected chi connectivity index (χ0v) is 17.3. The predicted molar refractivity (Wildman–Crippen MR) is 112 cm³/mol. The lowest BCUT2D eigenvalue weighted by Gasteiger charge is -2.18. The molecule has 1 aliphatic heterocycles. The number of halogens is 1. The Morgan fingerprint density at radius 2 is 2.07 bits per heavy atom. The van der Waals surface area contributed by atoms with Crippen LogP contribution in [-0.4, -0.2) is 28.6 Å². The van der Waals surface area contributed by atoms with Gasteiger partial charge in [0.2, 0.25) is 12.7 Å². The fourth-order valence-electron chi connectivity index (χ4n) is 3.51. The van der Waals surface area contributed by atoms with Gasteiger partial charge in [0.15, 0.2) is 11.5 Å². The van der Waals surface area contributed by atoms with Gasteiger partial charge in [-0.2, -0.15) is 0 Å². The average molecular weight is 414 g/mol. The van der Waals surface area contributed by atoms with E-state index in [0.29, 0.717) is 29.7 Å². The van der Waals surface area contributed by atoms with Crippen molar-refractivity contribution in [1.82, 2.24) is 14.7 Å². The lowest BCUT2D eigenvalue weighted by Crippen LogP contribution is -2.27. The molecule has 6 nitrogen and oxygen atoms in total. The van der Waals surface area contributed by atoms with Crippen LogP contribution in [0.2, 0.25) is 5.02 Å². The molecule has 29 heavy (non-hydrogen) atoms. The van der Waals surface area contributed by atoms with Crippen LogP contribution in [-0.2, 0) is 4.79 Å². The number of hydrogen-bond donors (Lipinski definition) is 1. The summed E-state index contributed by atoms with van der Waals surface area (Å²) in [7, 11) is 0. The van der Waals surface area contributed by atoms with Crippen LogP contribution in [0.25, 0.3) is 5.65 Å². The summed E-state index contributed by atoms with van der Waals surface area (Å²) in [5, 5.41) is 3.65. The Labute approximate surface area is 174 Å². The first kappa shape index (κ1) is 19.6. The molecule has 0 aliphatic carbocycles. The first-order valence-corrected chi connectivity index (χ1v) is 10.2. The van der Waals surface area contributed by atoms with E-state index in [0.717, 1.165) is 29.1 Å². The summed E-state index contributed by atoms with van der Waals surface area (Å²) in [6.07, 6.45) is 4.89. The minimum absolute atomic E-state index is 0.00490. The van der Waals surface area contributed by atoms with Crippen LogP contribution in [0.1, 0.15) is 43.9 Å². The molecule has 0 radical (unpaired) electrons. The number of hydrogen-bond acceptors (Lipinski definition) is 4. The van der Waals surface area contributed by atoms with Crippen LogP contribution in [0.15, 0.2) is 42.7 Å². The van der Waals surface area contributed by atoms with E-state index in [1.54, 1.807) is 0 Å². The van der Waals surface area contributed by atoms with E-state index < -0.39 is 0 Å². The standard InChI is InChI=1S/C22H24ClN3O3/c1-14(2)7-8-24-22(27)10-17(15-3-5-19-20(9-15)29-13-28-19)18-11-25-21-6-4-16(23)12-26(18)21/h3-6,9,11-12,14,17H,7-8,10,13H2,1-2H3,(H,24,27). The van der Waals surface area contributed by atoms with Gasteiger partial charge in [0.05, 0.1) is 10.7 Å². The van der Waals surface area contributed by atoms with E-state index in [-0.39, 0.29) is 18.6 Å². The smallest absolute Gasteiger partial charge is 0.231 e. The molecule has 0 saturated carbocycles. The highest BCUT2D eigenvalue weighted by Crippen LogP contribution is 2.37. The summed E-state index contributed by atoms with van der Waals surface area (Å²) in [5.74, 6) is 1.76. The van der Waals surface area contributed by atoms with Gasteiger partial charge in [-0.1, -0.05) is 31.5 Å². The second-order valence-corrected chi connectivity index (χ2v) is 8.10. The molecule has 152 valence electrons. The largest absolute Gasteiger partial charge is 0.454 e. The van der Waals surface area contributed by atoms with Gasteiger partial charge in [-0.05, 0) is 42.2 Å². The summed E-state index contributed by atoms with van der Waals surface area (Å²) >= 11 is 6.21. The molecule has 2 aromatic heterocycles. The number of ether oxygens (including phenoxy) is 2. The molecule has 7 heteroatoms. The zero-order chi connectivity index (χ0) is 20.4. The van der Waals surface area contributed by atoms with Crippen molar-refractivity contribution in [3.8, 4) is 11.5 Å². The number of rotatable bonds is 7. The van der Waals surface area contributed by atoms with Gasteiger partial charge in [0.1, 0.15) is 5.65 Å². The van der Waals surface area contributed by atoms with Crippen molar-refractivity contribution in [3.63, 3.8) is 0 Å². The van der Waals surface area contributed by atoms with E-state index in [9.17, 15) is 4.79 Å². The van der Waals surface area contributed by atoms with Crippen molar-refractivity contribution < 1.29 is 14.3 Å². The van der Waals surface area contributed by atoms with Crippen LogP contribution in [0.5, 0.6) is 11.5 Å². The summed E-state index contributed by atoms with van der Waals surface area (Å²) in [6.45, 7) is 5.17. The molecule has 1 unspecified atom stereocenters. The third-order valence-electron chi connectivity index (χ3n) is 5.09. The van der Waals surface area contributed by atoms with Gasteiger partial charge < -0.3 is 19.2 Å². The van der Waals surface area contributed by atoms with Crippen LogP contribution in [0.4, 0.5) is 0 Å². The Hall–Kier alpha value is -2.73. The van der Waals surface area contributed by atoms with Gasteiger partial charge in [-0.15, -0.1) is 0 Å². The van der Waals surface area contributed by atoms with Gasteiger partial charge in [0, 0.05) is 31.3 Å². The number of carbonyl (C=O) groups excluding carboxylic acids is 1. The number of nitrogens with one attached hydrogen (secondary N) is 1. The molecule has 1 aromatic carbocycles. The Morgan fingerprint density at radius 1 is 1.24 bits per heavy atom. The lowest BCUT2D eigenvalue weighted by atomic mass is 9.92. The maximum Gasteiger partial charge on any atom is 0.231 e. The number of aromatic nitrogens is 2. The molecule has 1 amide bonds. The molecule has 0 fully saturated rings. The monoisotopic (exact) mass is 413 g/mol. The molecule has 3 heterocycles. The number of amides is 1. The van der Waals surface area contributed by atoms with Crippen molar-refractivity contribution in [2.45, 2.75) is 32.6 Å². The van der Waals surface area contributed by atoms with Gasteiger partial charge in [-0.3, -0.25) is 4.79 Å². The maximum atomic E-state index is 12.7. The second-order valence-electron chi connectivity index (χ2n) is 7.66. The molecule has 1 N–H and O–H groups in total. The molecular weight excluding hydrogens is 390 g/mol. The Kier molecular flexibility index (Phi) is 5.62. The summed E-state index contributed by atoms with van der Waals surface area (Å²) in [5.41, 5.74) is 2.66. The van der Waals surface area contributed by atoms with Gasteiger partial charge in [-0.25, -0.2) is 4.98 Å². The van der Waals surface area contributed by atoms with Crippen molar-refractivity contribution in [1.29, 1.82) is 0 Å². The predicted octanol–water partition coefficient (Wildman–Crippen LogP) is 4.40. The molecular formula is C22H24ClN3O3. The zero-order valence-electron chi connectivity index (χ0n) is 16.5. The molecule has 4 rings (SSSR count). The van der Waals surface area contributed by atoms with Crippen LogP contribution < -0.4 is 14.8 Å². The fraction of sp³-hybridized carbons (Fsp3) is 0.364. The molecule has 1 aliphatic rings. The van der Waals surface area contributed by atoms with Crippen molar-refractivity contribution in [3.05, 3.63) is 59.0 Å². The first-order chi connectivity index (χ1) is 14.0.